The van der Waals surface area contributed by atoms with Crippen molar-refractivity contribution in [3.63, 3.8) is 0 Å². The summed E-state index contributed by atoms with van der Waals surface area (Å²) in [6.45, 7) is 1.19. The predicted molar refractivity (Wildman–Crippen MR) is 71.4 cm³/mol. The molecule has 0 aliphatic carbocycles. The van der Waals surface area contributed by atoms with Crippen molar-refractivity contribution in [2.24, 2.45) is 0 Å². The number of benzene rings is 1. The molecule has 86 valence electrons. The molecule has 0 saturated carbocycles. The lowest BCUT2D eigenvalue weighted by Crippen LogP contribution is -2.29. The summed E-state index contributed by atoms with van der Waals surface area (Å²) in [7, 11) is 0. The van der Waals surface area contributed by atoms with Gasteiger partial charge in [0, 0.05) is 16.3 Å². The summed E-state index contributed by atoms with van der Waals surface area (Å²) in [4.78, 5) is 0. The summed E-state index contributed by atoms with van der Waals surface area (Å²) >= 11 is 8.17. The van der Waals surface area contributed by atoms with Gasteiger partial charge in [-0.15, -0.1) is 0 Å². The number of hydrogen-bond donors (Lipinski definition) is 1. The van der Waals surface area contributed by atoms with Crippen LogP contribution in [0.5, 0.6) is 0 Å². The molecule has 16 heavy (non-hydrogen) atoms. The van der Waals surface area contributed by atoms with Crippen molar-refractivity contribution in [2.75, 3.05) is 12.3 Å². The van der Waals surface area contributed by atoms with E-state index in [1.54, 1.807) is 0 Å². The topological polar surface area (TPSA) is 12.0 Å². The van der Waals surface area contributed by atoms with Gasteiger partial charge in [-0.1, -0.05) is 17.7 Å². The molecule has 3 rings (SSSR count). The van der Waals surface area contributed by atoms with Crippen LogP contribution in [0, 0.1) is 0 Å². The zero-order valence-electron chi connectivity index (χ0n) is 9.21. The molecule has 1 saturated heterocycles. The van der Waals surface area contributed by atoms with Crippen LogP contribution in [0.4, 0.5) is 0 Å². The summed E-state index contributed by atoms with van der Waals surface area (Å²) in [5, 5.41) is 5.15. The minimum absolute atomic E-state index is 0.642. The highest BCUT2D eigenvalue weighted by molar-refractivity contribution is 7.99. The second-order valence-electron chi connectivity index (χ2n) is 4.59. The zero-order chi connectivity index (χ0) is 11.0. The van der Waals surface area contributed by atoms with Crippen molar-refractivity contribution >= 4 is 23.4 Å². The molecule has 2 aliphatic rings. The van der Waals surface area contributed by atoms with Crippen LogP contribution in [-0.4, -0.2) is 18.3 Å². The van der Waals surface area contributed by atoms with Gasteiger partial charge in [-0.3, -0.25) is 0 Å². The van der Waals surface area contributed by atoms with Crippen molar-refractivity contribution < 1.29 is 0 Å². The van der Waals surface area contributed by atoms with E-state index in [0.717, 1.165) is 5.02 Å². The van der Waals surface area contributed by atoms with E-state index in [0.29, 0.717) is 11.3 Å². The summed E-state index contributed by atoms with van der Waals surface area (Å²) in [6.07, 6.45) is 3.81. The van der Waals surface area contributed by atoms with E-state index in [4.69, 9.17) is 11.6 Å². The van der Waals surface area contributed by atoms with Crippen molar-refractivity contribution in [1.29, 1.82) is 0 Å². The van der Waals surface area contributed by atoms with Gasteiger partial charge in [0.15, 0.2) is 0 Å². The van der Waals surface area contributed by atoms with Crippen LogP contribution in [0.3, 0.4) is 0 Å². The van der Waals surface area contributed by atoms with Gasteiger partial charge in [0.2, 0.25) is 0 Å². The first-order chi connectivity index (χ1) is 7.84. The van der Waals surface area contributed by atoms with Gasteiger partial charge in [-0.05, 0) is 54.8 Å². The normalized spacial score (nSPS) is 29.1. The highest BCUT2D eigenvalue weighted by atomic mass is 35.5. The van der Waals surface area contributed by atoms with Gasteiger partial charge in [-0.2, -0.15) is 11.8 Å². The Bertz CT molecular complexity index is 388. The fourth-order valence-corrected chi connectivity index (χ4v) is 4.42. The molecule has 0 amide bonds. The molecule has 1 nitrogen and oxygen atoms in total. The minimum atomic E-state index is 0.642. The third-order valence-corrected chi connectivity index (χ3v) is 5.16. The van der Waals surface area contributed by atoms with Crippen LogP contribution in [0.1, 0.15) is 29.2 Å². The molecule has 0 radical (unpaired) electrons. The van der Waals surface area contributed by atoms with Crippen LogP contribution in [0.2, 0.25) is 5.02 Å². The molecule has 0 aromatic heterocycles. The van der Waals surface area contributed by atoms with E-state index in [1.807, 2.05) is 6.07 Å². The number of halogens is 1. The van der Waals surface area contributed by atoms with E-state index in [9.17, 15) is 0 Å². The zero-order valence-corrected chi connectivity index (χ0v) is 10.8. The third-order valence-electron chi connectivity index (χ3n) is 3.54. The lowest BCUT2D eigenvalue weighted by Gasteiger charge is -2.30. The number of rotatable bonds is 1. The molecule has 1 aromatic carbocycles. The van der Waals surface area contributed by atoms with Crippen LogP contribution in [0.15, 0.2) is 18.2 Å². The Labute approximate surface area is 106 Å². The fourth-order valence-electron chi connectivity index (χ4n) is 2.76. The molecule has 1 aromatic rings. The maximum atomic E-state index is 6.06. The van der Waals surface area contributed by atoms with E-state index in [2.05, 4.69) is 29.2 Å². The maximum Gasteiger partial charge on any atom is 0.0453 e. The lowest BCUT2D eigenvalue weighted by atomic mass is 9.97. The van der Waals surface area contributed by atoms with Crippen molar-refractivity contribution in [3.05, 3.63) is 34.3 Å². The predicted octanol–water partition coefficient (Wildman–Crippen LogP) is 3.42. The largest absolute Gasteiger partial charge is 0.313 e. The molecule has 1 fully saturated rings. The van der Waals surface area contributed by atoms with Crippen LogP contribution in [-0.2, 0) is 6.42 Å². The first-order valence-electron chi connectivity index (χ1n) is 5.98. The van der Waals surface area contributed by atoms with E-state index < -0.39 is 0 Å². The molecule has 2 heterocycles. The second-order valence-corrected chi connectivity index (χ2v) is 6.27. The SMILES string of the molecule is Clc1ccc2c(c1)CCS[C@H]2C1CCCN1. The Hall–Kier alpha value is -0.180. The molecule has 1 unspecified atom stereocenters. The van der Waals surface area contributed by atoms with E-state index in [-0.39, 0.29) is 0 Å². The van der Waals surface area contributed by atoms with E-state index in [1.165, 1.54) is 42.7 Å². The van der Waals surface area contributed by atoms with Gasteiger partial charge in [0.25, 0.3) is 0 Å². The maximum absolute atomic E-state index is 6.06. The van der Waals surface area contributed by atoms with Crippen LogP contribution < -0.4 is 5.32 Å². The summed E-state index contributed by atoms with van der Waals surface area (Å²) < 4.78 is 0. The highest BCUT2D eigenvalue weighted by Crippen LogP contribution is 2.41. The monoisotopic (exact) mass is 253 g/mol. The van der Waals surface area contributed by atoms with Crippen molar-refractivity contribution in [2.45, 2.75) is 30.6 Å². The van der Waals surface area contributed by atoms with Gasteiger partial charge in [0.05, 0.1) is 0 Å². The number of hydrogen-bond acceptors (Lipinski definition) is 2. The number of fused-ring (bicyclic) bond motifs is 1. The van der Waals surface area contributed by atoms with Gasteiger partial charge < -0.3 is 5.32 Å². The van der Waals surface area contributed by atoms with Gasteiger partial charge in [0.1, 0.15) is 0 Å². The number of aryl methyl sites for hydroxylation is 1. The molecule has 1 N–H and O–H groups in total. The Morgan fingerprint density at radius 3 is 3.12 bits per heavy atom. The average molecular weight is 254 g/mol. The molecule has 0 spiro atoms. The summed E-state index contributed by atoms with van der Waals surface area (Å²) in [5.74, 6) is 1.23. The van der Waals surface area contributed by atoms with Crippen molar-refractivity contribution in [3.8, 4) is 0 Å². The summed E-state index contributed by atoms with van der Waals surface area (Å²) in [6, 6.07) is 7.09. The second kappa shape index (κ2) is 4.59. The molecular formula is C13H16ClNS. The number of nitrogens with one attached hydrogen (secondary N) is 1. The van der Waals surface area contributed by atoms with Crippen LogP contribution in [0.25, 0.3) is 0 Å². The smallest absolute Gasteiger partial charge is 0.0453 e. The van der Waals surface area contributed by atoms with Gasteiger partial charge >= 0.3 is 0 Å². The molecule has 2 atom stereocenters. The minimum Gasteiger partial charge on any atom is -0.313 e. The van der Waals surface area contributed by atoms with Crippen molar-refractivity contribution in [1.82, 2.24) is 5.32 Å². The Kier molecular flexibility index (Phi) is 3.14. The average Bonchev–Trinajstić information content (AvgIpc) is 2.81. The standard InChI is InChI=1S/C13H16ClNS/c14-10-3-4-11-9(8-10)5-7-16-13(11)12-2-1-6-15-12/h3-4,8,12-13,15H,1-2,5-7H2/t12?,13-/m1/s1. The first kappa shape index (κ1) is 10.9. The highest BCUT2D eigenvalue weighted by Gasteiger charge is 2.30. The fraction of sp³-hybridized carbons (Fsp3) is 0.538. The van der Waals surface area contributed by atoms with Gasteiger partial charge in [-0.25, -0.2) is 0 Å². The number of thioether (sulfide) groups is 1. The molecule has 2 aliphatic heterocycles. The summed E-state index contributed by atoms with van der Waals surface area (Å²) in [5.41, 5.74) is 2.98. The van der Waals surface area contributed by atoms with Crippen LogP contribution >= 0.6 is 23.4 Å². The Morgan fingerprint density at radius 1 is 1.38 bits per heavy atom. The van der Waals surface area contributed by atoms with E-state index >= 15 is 0 Å². The molecular weight excluding hydrogens is 238 g/mol. The Balaban J connectivity index is 1.93. The first-order valence-corrected chi connectivity index (χ1v) is 7.40. The molecule has 0 bridgehead atoms. The molecule has 3 heteroatoms. The third kappa shape index (κ3) is 1.99. The Morgan fingerprint density at radius 2 is 2.31 bits per heavy atom. The lowest BCUT2D eigenvalue weighted by molar-refractivity contribution is 0.586. The quantitative estimate of drug-likeness (QED) is 0.823.